The maximum Gasteiger partial charge on any atom is 0.251 e. The van der Waals surface area contributed by atoms with Gasteiger partial charge in [-0.15, -0.1) is 12.8 Å². The Balaban J connectivity index is 2.72. The van der Waals surface area contributed by atoms with Crippen molar-refractivity contribution in [2.45, 2.75) is 13.3 Å². The van der Waals surface area contributed by atoms with Gasteiger partial charge in [0.05, 0.1) is 0 Å². The predicted molar refractivity (Wildman–Crippen MR) is 95.0 cm³/mol. The summed E-state index contributed by atoms with van der Waals surface area (Å²) in [4.78, 5) is 12.2. The van der Waals surface area contributed by atoms with Gasteiger partial charge in [-0.25, -0.2) is 0 Å². The maximum absolute atomic E-state index is 12.2. The molecule has 23 heavy (non-hydrogen) atoms. The summed E-state index contributed by atoms with van der Waals surface area (Å²) in [5.41, 5.74) is 0.451. The van der Waals surface area contributed by atoms with Gasteiger partial charge in [-0.05, 0) is 24.3 Å². The zero-order valence-electron chi connectivity index (χ0n) is 13.3. The van der Waals surface area contributed by atoms with Gasteiger partial charge in [-0.1, -0.05) is 18.8 Å². The molecule has 0 aliphatic heterocycles. The van der Waals surface area contributed by atoms with Crippen LogP contribution in [0.5, 0.6) is 11.5 Å². The SMILES string of the molecule is C#CCOc1cc(OCC#C)cc(C(=O)NCCSCCC)c1. The number of carbonyl (C=O) groups is 1. The molecule has 1 N–H and O–H groups in total. The zero-order valence-corrected chi connectivity index (χ0v) is 14.1. The van der Waals surface area contributed by atoms with E-state index in [-0.39, 0.29) is 19.1 Å². The molecule has 1 aromatic rings. The van der Waals surface area contributed by atoms with Gasteiger partial charge in [0.2, 0.25) is 0 Å². The number of amides is 1. The summed E-state index contributed by atoms with van der Waals surface area (Å²) in [6.45, 7) is 2.98. The van der Waals surface area contributed by atoms with E-state index in [1.165, 1.54) is 0 Å². The van der Waals surface area contributed by atoms with Gasteiger partial charge in [0, 0.05) is 23.9 Å². The minimum atomic E-state index is -0.182. The standard InChI is InChI=1S/C18H21NO3S/c1-4-8-21-16-12-15(13-17(14-16)22-9-5-2)18(20)19-7-11-23-10-6-3/h1-2,12-14H,6-11H2,3H3,(H,19,20). The molecule has 0 bridgehead atoms. The molecule has 0 spiro atoms. The van der Waals surface area contributed by atoms with Crippen molar-refractivity contribution in [3.05, 3.63) is 23.8 Å². The lowest BCUT2D eigenvalue weighted by atomic mass is 10.2. The molecule has 0 saturated carbocycles. The summed E-state index contributed by atoms with van der Waals surface area (Å²) in [5, 5.41) is 2.87. The molecule has 1 rings (SSSR count). The van der Waals surface area contributed by atoms with Crippen LogP contribution in [-0.4, -0.2) is 37.2 Å². The Kier molecular flexibility index (Phi) is 9.28. The minimum Gasteiger partial charge on any atom is -0.481 e. The molecule has 0 radical (unpaired) electrons. The Morgan fingerprint density at radius 3 is 2.26 bits per heavy atom. The van der Waals surface area contributed by atoms with E-state index < -0.39 is 0 Å². The number of hydrogen-bond donors (Lipinski definition) is 1. The number of carbonyl (C=O) groups excluding carboxylic acids is 1. The van der Waals surface area contributed by atoms with Crippen molar-refractivity contribution in [1.82, 2.24) is 5.32 Å². The van der Waals surface area contributed by atoms with Crippen LogP contribution in [0.3, 0.4) is 0 Å². The third kappa shape index (κ3) is 7.54. The summed E-state index contributed by atoms with van der Waals surface area (Å²) in [5.74, 6) is 7.51. The quantitative estimate of drug-likeness (QED) is 0.529. The van der Waals surface area contributed by atoms with Crippen molar-refractivity contribution in [3.63, 3.8) is 0 Å². The smallest absolute Gasteiger partial charge is 0.251 e. The highest BCUT2D eigenvalue weighted by atomic mass is 32.2. The first kappa shape index (κ1) is 18.8. The summed E-state index contributed by atoms with van der Waals surface area (Å²) < 4.78 is 10.7. The Bertz CT molecular complexity index is 551. The molecule has 0 aromatic heterocycles. The van der Waals surface area contributed by atoms with E-state index in [1.54, 1.807) is 18.2 Å². The van der Waals surface area contributed by atoms with Crippen LogP contribution in [0.1, 0.15) is 23.7 Å². The van der Waals surface area contributed by atoms with E-state index in [4.69, 9.17) is 22.3 Å². The number of hydrogen-bond acceptors (Lipinski definition) is 4. The minimum absolute atomic E-state index is 0.118. The fourth-order valence-corrected chi connectivity index (χ4v) is 2.44. The molecule has 0 saturated heterocycles. The van der Waals surface area contributed by atoms with E-state index in [9.17, 15) is 4.79 Å². The molecule has 0 heterocycles. The van der Waals surface area contributed by atoms with Crippen LogP contribution in [0.15, 0.2) is 18.2 Å². The Morgan fingerprint density at radius 1 is 1.13 bits per heavy atom. The van der Waals surface area contributed by atoms with Gasteiger partial charge in [-0.2, -0.15) is 11.8 Å². The average Bonchev–Trinajstić information content (AvgIpc) is 2.57. The number of thioether (sulfide) groups is 1. The van der Waals surface area contributed by atoms with Crippen LogP contribution < -0.4 is 14.8 Å². The number of rotatable bonds is 10. The van der Waals surface area contributed by atoms with E-state index in [0.29, 0.717) is 23.6 Å². The van der Waals surface area contributed by atoms with Gasteiger partial charge in [0.1, 0.15) is 24.7 Å². The van der Waals surface area contributed by atoms with Crippen LogP contribution >= 0.6 is 11.8 Å². The molecule has 1 aromatic carbocycles. The third-order valence-corrected chi connectivity index (χ3v) is 3.86. The molecule has 1 amide bonds. The number of ether oxygens (including phenoxy) is 2. The third-order valence-electron chi connectivity index (χ3n) is 2.67. The molecular weight excluding hydrogens is 310 g/mol. The Hall–Kier alpha value is -2.24. The van der Waals surface area contributed by atoms with E-state index in [2.05, 4.69) is 24.1 Å². The monoisotopic (exact) mass is 331 g/mol. The summed E-state index contributed by atoms with van der Waals surface area (Å²) in [7, 11) is 0. The molecule has 5 heteroatoms. The first-order valence-corrected chi connectivity index (χ1v) is 8.50. The highest BCUT2D eigenvalue weighted by Crippen LogP contribution is 2.23. The highest BCUT2D eigenvalue weighted by Gasteiger charge is 2.10. The van der Waals surface area contributed by atoms with Gasteiger partial charge in [0.25, 0.3) is 5.91 Å². The Labute approximate surface area is 142 Å². The lowest BCUT2D eigenvalue weighted by molar-refractivity contribution is 0.0955. The van der Waals surface area contributed by atoms with Crippen LogP contribution in [0.4, 0.5) is 0 Å². The number of nitrogens with one attached hydrogen (secondary N) is 1. The van der Waals surface area contributed by atoms with Crippen molar-refractivity contribution in [2.24, 2.45) is 0 Å². The second kappa shape index (κ2) is 11.3. The lowest BCUT2D eigenvalue weighted by Crippen LogP contribution is -2.25. The van der Waals surface area contributed by atoms with Gasteiger partial charge >= 0.3 is 0 Å². The number of benzene rings is 1. The normalized spacial score (nSPS) is 9.52. The molecule has 0 fully saturated rings. The van der Waals surface area contributed by atoms with Crippen molar-refractivity contribution in [1.29, 1.82) is 0 Å². The van der Waals surface area contributed by atoms with Gasteiger partial charge in [-0.3, -0.25) is 4.79 Å². The topological polar surface area (TPSA) is 47.6 Å². The van der Waals surface area contributed by atoms with Crippen molar-refractivity contribution >= 4 is 17.7 Å². The number of terminal acetylenes is 2. The van der Waals surface area contributed by atoms with Crippen LogP contribution in [0.25, 0.3) is 0 Å². The van der Waals surface area contributed by atoms with Crippen LogP contribution in [-0.2, 0) is 0 Å². The van der Waals surface area contributed by atoms with E-state index in [1.807, 2.05) is 11.8 Å². The van der Waals surface area contributed by atoms with Gasteiger partial charge < -0.3 is 14.8 Å². The van der Waals surface area contributed by atoms with Crippen molar-refractivity contribution in [3.8, 4) is 36.2 Å². The summed E-state index contributed by atoms with van der Waals surface area (Å²) in [6.07, 6.45) is 11.5. The fourth-order valence-electron chi connectivity index (χ4n) is 1.70. The zero-order chi connectivity index (χ0) is 16.9. The molecule has 0 unspecified atom stereocenters. The second-order valence-corrected chi connectivity index (χ2v) is 5.77. The average molecular weight is 331 g/mol. The molecule has 0 aliphatic carbocycles. The molecule has 0 aliphatic rings. The first-order chi connectivity index (χ1) is 11.2. The molecule has 0 atom stereocenters. The molecular formula is C18H21NO3S. The highest BCUT2D eigenvalue weighted by molar-refractivity contribution is 7.99. The van der Waals surface area contributed by atoms with Crippen LogP contribution in [0.2, 0.25) is 0 Å². The predicted octanol–water partition coefficient (Wildman–Crippen LogP) is 2.58. The van der Waals surface area contributed by atoms with Crippen molar-refractivity contribution < 1.29 is 14.3 Å². The van der Waals surface area contributed by atoms with Gasteiger partial charge in [0.15, 0.2) is 0 Å². The summed E-state index contributed by atoms with van der Waals surface area (Å²) >= 11 is 1.81. The van der Waals surface area contributed by atoms with Crippen LogP contribution in [0, 0.1) is 24.7 Å². The largest absolute Gasteiger partial charge is 0.481 e. The Morgan fingerprint density at radius 2 is 1.74 bits per heavy atom. The van der Waals surface area contributed by atoms with E-state index in [0.717, 1.165) is 17.9 Å². The second-order valence-electron chi connectivity index (χ2n) is 4.55. The first-order valence-electron chi connectivity index (χ1n) is 7.34. The summed E-state index contributed by atoms with van der Waals surface area (Å²) in [6, 6.07) is 4.92. The molecule has 122 valence electrons. The maximum atomic E-state index is 12.2. The lowest BCUT2D eigenvalue weighted by Gasteiger charge is -2.10. The van der Waals surface area contributed by atoms with Crippen molar-refractivity contribution in [2.75, 3.05) is 31.3 Å². The molecule has 4 nitrogen and oxygen atoms in total. The van der Waals surface area contributed by atoms with E-state index >= 15 is 0 Å². The fraction of sp³-hybridized carbons (Fsp3) is 0.389.